The Morgan fingerprint density at radius 3 is 1.86 bits per heavy atom. The number of aromatic nitrogens is 1. The normalized spacial score (nSPS) is 17.5. The molecular formula is C55H36N2O. The van der Waals surface area contributed by atoms with Crippen molar-refractivity contribution < 1.29 is 4.42 Å². The van der Waals surface area contributed by atoms with Gasteiger partial charge in [0.25, 0.3) is 0 Å². The number of furan rings is 1. The highest BCUT2D eigenvalue weighted by molar-refractivity contribution is 6.26. The van der Waals surface area contributed by atoms with E-state index in [4.69, 9.17) is 4.42 Å². The van der Waals surface area contributed by atoms with Gasteiger partial charge >= 0.3 is 0 Å². The minimum Gasteiger partial charge on any atom is -0.456 e. The van der Waals surface area contributed by atoms with Crippen LogP contribution in [0, 0.1) is 0 Å². The molecular weight excluding hydrogens is 705 g/mol. The quantitative estimate of drug-likeness (QED) is 0.168. The van der Waals surface area contributed by atoms with Crippen molar-refractivity contribution in [3.63, 3.8) is 0 Å². The van der Waals surface area contributed by atoms with E-state index in [9.17, 15) is 0 Å². The zero-order chi connectivity index (χ0) is 38.1. The summed E-state index contributed by atoms with van der Waals surface area (Å²) in [5.41, 5.74) is 11.3. The number of hydrogen-bond acceptors (Lipinski definition) is 2. The van der Waals surface area contributed by atoms with Crippen LogP contribution in [0.2, 0.25) is 0 Å². The molecule has 3 nitrogen and oxygen atoms in total. The fourth-order valence-electron chi connectivity index (χ4n) is 10.5. The summed E-state index contributed by atoms with van der Waals surface area (Å²) >= 11 is 0. The fourth-order valence-corrected chi connectivity index (χ4v) is 10.5. The van der Waals surface area contributed by atoms with E-state index in [1.165, 1.54) is 82.2 Å². The predicted octanol–water partition coefficient (Wildman–Crippen LogP) is 14.9. The zero-order valence-corrected chi connectivity index (χ0v) is 31.9. The number of rotatable bonds is 3. The lowest BCUT2D eigenvalue weighted by atomic mass is 9.80. The SMILES string of the molecule is CC12C=CC=CC1c1cc(-c3ccc4c(c3)c3ccccc3n4-c3ccc4oc5ccccc5c4c3)ccc1N2c1ccc2c3ccccc3c3ccccc3c2c1. The molecule has 0 spiro atoms. The predicted molar refractivity (Wildman–Crippen MR) is 244 cm³/mol. The average molecular weight is 741 g/mol. The van der Waals surface area contributed by atoms with Crippen LogP contribution in [0.25, 0.3) is 92.9 Å². The van der Waals surface area contributed by atoms with Crippen molar-refractivity contribution in [1.29, 1.82) is 0 Å². The molecule has 0 fully saturated rings. The molecule has 0 N–H and O–H groups in total. The molecule has 0 saturated heterocycles. The molecule has 13 rings (SSSR count). The second-order valence-electron chi connectivity index (χ2n) is 16.2. The molecule has 1 aliphatic heterocycles. The standard InChI is InChI=1S/C55H36N2O/c1-55-29-11-10-18-49(55)48-31-35(22-27-52(48)57(55)37-23-25-42-40-14-3-2-12-38(40)39-13-4-5-15-41(39)45(42)33-37)34-21-26-51-46(30-34)43-16-6-8-19-50(43)56(51)36-24-28-54-47(32-36)44-17-7-9-20-53(44)58-54/h2-33,49H,1H3. The average Bonchev–Trinajstić information content (AvgIpc) is 3.90. The van der Waals surface area contributed by atoms with Gasteiger partial charge in [-0.15, -0.1) is 0 Å². The van der Waals surface area contributed by atoms with Gasteiger partial charge in [0.2, 0.25) is 0 Å². The van der Waals surface area contributed by atoms with Crippen LogP contribution < -0.4 is 4.90 Å². The molecule has 58 heavy (non-hydrogen) atoms. The summed E-state index contributed by atoms with van der Waals surface area (Å²) in [5.74, 6) is 0.205. The number of allylic oxidation sites excluding steroid dienone is 2. The number of hydrogen-bond donors (Lipinski definition) is 0. The molecule has 0 bridgehead atoms. The van der Waals surface area contributed by atoms with Gasteiger partial charge in [-0.1, -0.05) is 127 Å². The number of para-hydroxylation sites is 2. The van der Waals surface area contributed by atoms with Crippen molar-refractivity contribution in [1.82, 2.24) is 4.57 Å². The first-order chi connectivity index (χ1) is 28.6. The maximum Gasteiger partial charge on any atom is 0.135 e. The Morgan fingerprint density at radius 2 is 1.05 bits per heavy atom. The van der Waals surface area contributed by atoms with E-state index >= 15 is 0 Å². The number of anilines is 2. The summed E-state index contributed by atoms with van der Waals surface area (Å²) in [6.45, 7) is 2.39. The maximum absolute atomic E-state index is 6.19. The molecule has 11 aromatic rings. The fraction of sp³-hybridized carbons (Fsp3) is 0.0545. The highest BCUT2D eigenvalue weighted by Crippen LogP contribution is 2.55. The molecule has 3 heteroatoms. The van der Waals surface area contributed by atoms with E-state index in [1.54, 1.807) is 0 Å². The summed E-state index contributed by atoms with van der Waals surface area (Å²) in [6, 6.07) is 62.5. The number of fused-ring (bicyclic) bond motifs is 15. The van der Waals surface area contributed by atoms with Crippen LogP contribution in [-0.4, -0.2) is 10.1 Å². The van der Waals surface area contributed by atoms with Gasteiger partial charge in [0.1, 0.15) is 11.2 Å². The molecule has 3 heterocycles. The molecule has 2 aromatic heterocycles. The lowest BCUT2D eigenvalue weighted by molar-refractivity contribution is 0.542. The van der Waals surface area contributed by atoms with Crippen LogP contribution in [0.1, 0.15) is 18.4 Å². The minimum absolute atomic E-state index is 0.205. The first-order valence-corrected chi connectivity index (χ1v) is 20.2. The van der Waals surface area contributed by atoms with Crippen molar-refractivity contribution >= 4 is 87.4 Å². The molecule has 2 unspecified atom stereocenters. The Hall–Kier alpha value is -7.36. The van der Waals surface area contributed by atoms with Crippen molar-refractivity contribution in [2.45, 2.75) is 18.4 Å². The molecule has 9 aromatic carbocycles. The van der Waals surface area contributed by atoms with Crippen molar-refractivity contribution in [2.24, 2.45) is 0 Å². The molecule has 272 valence electrons. The van der Waals surface area contributed by atoms with Crippen LogP contribution in [0.4, 0.5) is 11.4 Å². The summed E-state index contributed by atoms with van der Waals surface area (Å²) in [7, 11) is 0. The van der Waals surface area contributed by atoms with Crippen molar-refractivity contribution in [2.75, 3.05) is 4.90 Å². The smallest absolute Gasteiger partial charge is 0.135 e. The lowest BCUT2D eigenvalue weighted by Gasteiger charge is -2.39. The van der Waals surface area contributed by atoms with Crippen LogP contribution >= 0.6 is 0 Å². The topological polar surface area (TPSA) is 21.3 Å². The molecule has 0 saturated carbocycles. The number of benzene rings is 9. The van der Waals surface area contributed by atoms with Crippen LogP contribution in [0.15, 0.2) is 199 Å². The third kappa shape index (κ3) is 4.28. The maximum atomic E-state index is 6.19. The van der Waals surface area contributed by atoms with Gasteiger partial charge in [-0.3, -0.25) is 0 Å². The summed E-state index contributed by atoms with van der Waals surface area (Å²) in [5, 5.41) is 12.5. The molecule has 0 amide bonds. The second-order valence-corrected chi connectivity index (χ2v) is 16.2. The summed E-state index contributed by atoms with van der Waals surface area (Å²) < 4.78 is 8.59. The second kappa shape index (κ2) is 11.6. The minimum atomic E-state index is -0.255. The highest BCUT2D eigenvalue weighted by atomic mass is 16.3. The van der Waals surface area contributed by atoms with Gasteiger partial charge in [-0.2, -0.15) is 0 Å². The van der Waals surface area contributed by atoms with E-state index in [0.717, 1.165) is 27.6 Å². The Balaban J connectivity index is 0.960. The molecule has 1 aliphatic carbocycles. The summed E-state index contributed by atoms with van der Waals surface area (Å²) in [4.78, 5) is 2.58. The Morgan fingerprint density at radius 1 is 0.448 bits per heavy atom. The third-order valence-corrected chi connectivity index (χ3v) is 13.2. The Kier molecular flexibility index (Phi) is 6.36. The van der Waals surface area contributed by atoms with Crippen LogP contribution in [0.3, 0.4) is 0 Å². The van der Waals surface area contributed by atoms with E-state index in [2.05, 4.69) is 198 Å². The Bertz CT molecular complexity index is 3580. The van der Waals surface area contributed by atoms with E-state index in [0.29, 0.717) is 0 Å². The molecule has 2 aliphatic rings. The third-order valence-electron chi connectivity index (χ3n) is 13.2. The van der Waals surface area contributed by atoms with Gasteiger partial charge in [0.15, 0.2) is 0 Å². The van der Waals surface area contributed by atoms with Gasteiger partial charge in [0, 0.05) is 44.5 Å². The van der Waals surface area contributed by atoms with Gasteiger partial charge in [0.05, 0.1) is 16.6 Å². The van der Waals surface area contributed by atoms with Crippen molar-refractivity contribution in [3.8, 4) is 16.8 Å². The first kappa shape index (κ1) is 31.8. The monoisotopic (exact) mass is 740 g/mol. The van der Waals surface area contributed by atoms with Crippen LogP contribution in [-0.2, 0) is 0 Å². The number of nitrogens with zero attached hydrogens (tertiary/aromatic N) is 2. The molecule has 2 atom stereocenters. The Labute approximate surface area is 335 Å². The first-order valence-electron chi connectivity index (χ1n) is 20.2. The lowest BCUT2D eigenvalue weighted by Crippen LogP contribution is -2.41. The van der Waals surface area contributed by atoms with Crippen LogP contribution in [0.5, 0.6) is 0 Å². The van der Waals surface area contributed by atoms with Crippen molar-refractivity contribution in [3.05, 3.63) is 200 Å². The van der Waals surface area contributed by atoms with E-state index in [1.807, 2.05) is 12.1 Å². The highest BCUT2D eigenvalue weighted by Gasteiger charge is 2.47. The van der Waals surface area contributed by atoms with Gasteiger partial charge in [-0.05, 0) is 123 Å². The van der Waals surface area contributed by atoms with Gasteiger partial charge in [-0.25, -0.2) is 0 Å². The largest absolute Gasteiger partial charge is 0.456 e. The van der Waals surface area contributed by atoms with Gasteiger partial charge < -0.3 is 13.9 Å². The molecule has 0 radical (unpaired) electrons. The van der Waals surface area contributed by atoms with E-state index in [-0.39, 0.29) is 11.5 Å². The zero-order valence-electron chi connectivity index (χ0n) is 31.9. The summed E-state index contributed by atoms with van der Waals surface area (Å²) in [6.07, 6.45) is 9.22. The van der Waals surface area contributed by atoms with E-state index < -0.39 is 0 Å².